The molecule has 32 heavy (non-hydrogen) atoms. The number of hydrogen-bond donors (Lipinski definition) is 1. The fraction of sp³-hybridized carbons (Fsp3) is 1.00. The van der Waals surface area contributed by atoms with Gasteiger partial charge in [0.05, 0.1) is 6.10 Å². The topological polar surface area (TPSA) is 63.4 Å². The highest BCUT2D eigenvalue weighted by Gasteiger charge is 2.70. The highest BCUT2D eigenvalue weighted by Crippen LogP contribution is 2.70. The molecule has 4 saturated carbocycles. The van der Waals surface area contributed by atoms with Crippen LogP contribution in [-0.2, 0) is 0 Å². The molecule has 184 valence electrons. The summed E-state index contributed by atoms with van der Waals surface area (Å²) in [5, 5.41) is 22.7. The van der Waals surface area contributed by atoms with Gasteiger partial charge in [0.15, 0.2) is 0 Å². The van der Waals surface area contributed by atoms with Crippen molar-refractivity contribution in [3.8, 4) is 0 Å². The molecule has 10 atom stereocenters. The molecule has 0 aromatic rings. The first-order chi connectivity index (χ1) is 14.9. The van der Waals surface area contributed by atoms with E-state index in [-0.39, 0.29) is 10.3 Å². The summed E-state index contributed by atoms with van der Waals surface area (Å²) in [5.41, 5.74) is 0.0627. The van der Waals surface area contributed by atoms with Crippen LogP contribution >= 0.6 is 11.6 Å². The van der Waals surface area contributed by atoms with Crippen molar-refractivity contribution in [3.05, 3.63) is 10.1 Å². The summed E-state index contributed by atoms with van der Waals surface area (Å²) in [5.74, 6) is 3.71. The molecule has 0 saturated heterocycles. The van der Waals surface area contributed by atoms with E-state index >= 15 is 0 Å². The molecule has 0 bridgehead atoms. The number of alkyl halides is 1. The second kappa shape index (κ2) is 8.70. The monoisotopic (exact) mass is 467 g/mol. The zero-order chi connectivity index (χ0) is 23.5. The maximum atomic E-state index is 12.3. The smallest absolute Gasteiger partial charge is 0.232 e. The third kappa shape index (κ3) is 3.74. The summed E-state index contributed by atoms with van der Waals surface area (Å²) in [6.45, 7) is 11.9. The lowest BCUT2D eigenvalue weighted by Crippen LogP contribution is -2.67. The molecule has 0 spiro atoms. The Morgan fingerprint density at radius 3 is 2.44 bits per heavy atom. The van der Waals surface area contributed by atoms with Gasteiger partial charge in [-0.15, -0.1) is 11.6 Å². The molecule has 0 amide bonds. The summed E-state index contributed by atoms with van der Waals surface area (Å²) < 4.78 is 0. The first kappa shape index (κ1) is 24.8. The third-order valence-corrected chi connectivity index (χ3v) is 12.1. The van der Waals surface area contributed by atoms with Gasteiger partial charge in [-0.2, -0.15) is 0 Å². The SMILES string of the molecule is CC(C)CCC[C@@H](C)[C@H]1CC[C@H]2[C@@H]3C[C@@H]([N+](=O)[O-])[C@@]4(Cl)C[C@H](O)CC[C@]4(C)[C@H]3CC[C@]12C. The van der Waals surface area contributed by atoms with E-state index in [4.69, 9.17) is 11.6 Å². The van der Waals surface area contributed by atoms with Crippen molar-refractivity contribution in [2.75, 3.05) is 0 Å². The number of nitrogens with zero attached hydrogens (tertiary/aromatic N) is 1. The van der Waals surface area contributed by atoms with Gasteiger partial charge >= 0.3 is 0 Å². The molecule has 4 aliphatic rings. The van der Waals surface area contributed by atoms with Gasteiger partial charge in [0.2, 0.25) is 6.04 Å². The third-order valence-electron chi connectivity index (χ3n) is 11.2. The molecule has 0 heterocycles. The summed E-state index contributed by atoms with van der Waals surface area (Å²) in [7, 11) is 0. The molecule has 5 heteroatoms. The lowest BCUT2D eigenvalue weighted by atomic mass is 9.43. The van der Waals surface area contributed by atoms with Crippen LogP contribution in [0.15, 0.2) is 0 Å². The van der Waals surface area contributed by atoms with Crippen molar-refractivity contribution in [1.82, 2.24) is 0 Å². The summed E-state index contributed by atoms with van der Waals surface area (Å²) in [6.07, 6.45) is 10.9. The van der Waals surface area contributed by atoms with Crippen molar-refractivity contribution in [1.29, 1.82) is 0 Å². The van der Waals surface area contributed by atoms with Gasteiger partial charge in [-0.1, -0.05) is 53.9 Å². The molecule has 0 unspecified atom stereocenters. The molecule has 4 aliphatic carbocycles. The van der Waals surface area contributed by atoms with Gasteiger partial charge in [-0.3, -0.25) is 10.1 Å². The zero-order valence-electron chi connectivity index (χ0n) is 21.0. The number of nitro groups is 1. The van der Waals surface area contributed by atoms with Crippen molar-refractivity contribution >= 4 is 11.6 Å². The largest absolute Gasteiger partial charge is 0.393 e. The Labute approximate surface area is 200 Å². The van der Waals surface area contributed by atoms with E-state index in [1.165, 1.54) is 38.5 Å². The van der Waals surface area contributed by atoms with E-state index in [0.29, 0.717) is 36.0 Å². The minimum absolute atomic E-state index is 0.0908. The van der Waals surface area contributed by atoms with E-state index in [0.717, 1.165) is 37.0 Å². The van der Waals surface area contributed by atoms with Gasteiger partial charge in [-0.05, 0) is 91.3 Å². The Morgan fingerprint density at radius 1 is 1.06 bits per heavy atom. The average molecular weight is 468 g/mol. The van der Waals surface area contributed by atoms with Gasteiger partial charge in [0.1, 0.15) is 4.87 Å². The van der Waals surface area contributed by atoms with E-state index < -0.39 is 17.0 Å². The highest BCUT2D eigenvalue weighted by molar-refractivity contribution is 6.25. The number of aliphatic hydroxyl groups excluding tert-OH is 1. The molecule has 0 aliphatic heterocycles. The molecule has 4 rings (SSSR count). The first-order valence-corrected chi connectivity index (χ1v) is 13.8. The molecule has 0 aromatic heterocycles. The first-order valence-electron chi connectivity index (χ1n) is 13.4. The molecule has 4 nitrogen and oxygen atoms in total. The lowest BCUT2D eigenvalue weighted by molar-refractivity contribution is -0.543. The van der Waals surface area contributed by atoms with E-state index in [1.807, 2.05) is 0 Å². The zero-order valence-corrected chi connectivity index (χ0v) is 21.7. The van der Waals surface area contributed by atoms with Crippen LogP contribution in [0.1, 0.15) is 105 Å². The Balaban J connectivity index is 1.59. The lowest BCUT2D eigenvalue weighted by Gasteiger charge is -2.63. The van der Waals surface area contributed by atoms with Gasteiger partial charge < -0.3 is 5.11 Å². The van der Waals surface area contributed by atoms with Crippen molar-refractivity contribution in [2.24, 2.45) is 46.3 Å². The van der Waals surface area contributed by atoms with Gasteiger partial charge in [0, 0.05) is 11.3 Å². The van der Waals surface area contributed by atoms with Gasteiger partial charge in [0.25, 0.3) is 0 Å². The van der Waals surface area contributed by atoms with Crippen LogP contribution in [0.25, 0.3) is 0 Å². The standard InChI is InChI=1S/C27H46ClNO3/c1-17(2)7-6-8-18(3)21-9-10-22-20-15-24(29(31)32)27(28)16-19(30)11-14-26(27,5)23(20)12-13-25(21,22)4/h17-24,30H,6-16H2,1-5H3/t18-,19-,20+,21-,22+,23+,24-,25-,26-,27+/m1/s1. The van der Waals surface area contributed by atoms with Crippen LogP contribution in [0.5, 0.6) is 0 Å². The number of hydrogen-bond acceptors (Lipinski definition) is 3. The minimum Gasteiger partial charge on any atom is -0.393 e. The Bertz CT molecular complexity index is 715. The number of rotatable bonds is 6. The van der Waals surface area contributed by atoms with Crippen LogP contribution in [0, 0.1) is 56.5 Å². The second-order valence-corrected chi connectivity index (χ2v) is 13.8. The minimum atomic E-state index is -0.911. The number of fused-ring (bicyclic) bond motifs is 5. The van der Waals surface area contributed by atoms with E-state index in [1.54, 1.807) is 0 Å². The predicted molar refractivity (Wildman–Crippen MR) is 130 cm³/mol. The maximum absolute atomic E-state index is 12.3. The normalized spacial score (nSPS) is 49.2. The van der Waals surface area contributed by atoms with Crippen LogP contribution in [-0.4, -0.2) is 27.0 Å². The van der Waals surface area contributed by atoms with Crippen LogP contribution in [0.3, 0.4) is 0 Å². The molecule has 0 radical (unpaired) electrons. The maximum Gasteiger partial charge on any atom is 0.232 e. The van der Waals surface area contributed by atoms with Crippen LogP contribution < -0.4 is 0 Å². The molecule has 0 aromatic carbocycles. The average Bonchev–Trinajstić information content (AvgIpc) is 3.05. The number of halogens is 1. The van der Waals surface area contributed by atoms with Crippen molar-refractivity contribution in [3.63, 3.8) is 0 Å². The van der Waals surface area contributed by atoms with Crippen molar-refractivity contribution < 1.29 is 10.0 Å². The highest BCUT2D eigenvalue weighted by atomic mass is 35.5. The van der Waals surface area contributed by atoms with Crippen LogP contribution in [0.2, 0.25) is 0 Å². The fourth-order valence-corrected chi connectivity index (χ4v) is 10.1. The molecule has 1 N–H and O–H groups in total. The van der Waals surface area contributed by atoms with E-state index in [2.05, 4.69) is 34.6 Å². The van der Waals surface area contributed by atoms with Crippen molar-refractivity contribution in [2.45, 2.75) is 122 Å². The second-order valence-electron chi connectivity index (χ2n) is 13.1. The molecule has 4 fully saturated rings. The quantitative estimate of drug-likeness (QED) is 0.257. The molecular formula is C27H46ClNO3. The summed E-state index contributed by atoms with van der Waals surface area (Å²) >= 11 is 7.23. The Kier molecular flexibility index (Phi) is 6.73. The Morgan fingerprint density at radius 2 is 1.78 bits per heavy atom. The molecular weight excluding hydrogens is 422 g/mol. The predicted octanol–water partition coefficient (Wildman–Crippen LogP) is 7.09. The number of aliphatic hydroxyl groups is 1. The fourth-order valence-electron chi connectivity index (χ4n) is 9.49. The van der Waals surface area contributed by atoms with E-state index in [9.17, 15) is 15.2 Å². The summed E-state index contributed by atoms with van der Waals surface area (Å²) in [4.78, 5) is 11.3. The van der Waals surface area contributed by atoms with Crippen LogP contribution in [0.4, 0.5) is 0 Å². The van der Waals surface area contributed by atoms with Gasteiger partial charge in [-0.25, -0.2) is 0 Å². The summed E-state index contributed by atoms with van der Waals surface area (Å²) in [6, 6.07) is -0.741. The Hall–Kier alpha value is -0.350.